The van der Waals surface area contributed by atoms with Crippen molar-refractivity contribution >= 4 is 46.3 Å². The van der Waals surface area contributed by atoms with Gasteiger partial charge >= 0.3 is 17.1 Å². The summed E-state index contributed by atoms with van der Waals surface area (Å²) in [5.41, 5.74) is 1.25. The first-order chi connectivity index (χ1) is 10.4. The van der Waals surface area contributed by atoms with Crippen LogP contribution >= 0.6 is 12.4 Å². The molecule has 2 aromatic carbocycles. The second-order valence-electron chi connectivity index (χ2n) is 5.04. The molecule has 0 bridgehead atoms. The van der Waals surface area contributed by atoms with Crippen LogP contribution in [-0.4, -0.2) is 40.4 Å². The van der Waals surface area contributed by atoms with Crippen LogP contribution in [-0.2, 0) is 0 Å². The van der Waals surface area contributed by atoms with E-state index in [0.717, 1.165) is 11.8 Å². The molecule has 0 saturated heterocycles. The van der Waals surface area contributed by atoms with Crippen molar-refractivity contribution in [1.29, 1.82) is 0 Å². The molecule has 3 N–H and O–H groups in total. The zero-order chi connectivity index (χ0) is 16.0. The average Bonchev–Trinajstić information content (AvgIpc) is 2.48. The second kappa shape index (κ2) is 7.06. The maximum atomic E-state index is 11.3. The maximum Gasteiger partial charge on any atom is 0.425 e. The number of phenols is 2. The van der Waals surface area contributed by atoms with E-state index in [-0.39, 0.29) is 46.1 Å². The number of carboxylic acids is 1. The summed E-state index contributed by atoms with van der Waals surface area (Å²) in [6.45, 7) is 0. The van der Waals surface area contributed by atoms with E-state index < -0.39 is 17.5 Å². The van der Waals surface area contributed by atoms with Crippen LogP contribution in [0.2, 0.25) is 0 Å². The molecular weight excluding hydrogens is 404 g/mol. The number of aromatic nitrogens is 1. The van der Waals surface area contributed by atoms with Gasteiger partial charge in [0.1, 0.15) is 0 Å². The molecule has 0 aliphatic heterocycles. The van der Waals surface area contributed by atoms with Crippen molar-refractivity contribution in [3.63, 3.8) is 0 Å². The topological polar surface area (TPSA) is 105 Å². The van der Waals surface area contributed by atoms with Crippen LogP contribution in [0.4, 0.5) is 5.69 Å². The van der Waals surface area contributed by atoms with Crippen molar-refractivity contribution in [2.45, 2.75) is 0 Å². The lowest BCUT2D eigenvalue weighted by molar-refractivity contribution is -0.0000222. The fourth-order valence-electron chi connectivity index (χ4n) is 2.18. The fourth-order valence-corrected chi connectivity index (χ4v) is 2.18. The summed E-state index contributed by atoms with van der Waals surface area (Å²) in [7, 11) is 3.73. The van der Waals surface area contributed by atoms with Crippen molar-refractivity contribution in [2.75, 3.05) is 19.0 Å². The van der Waals surface area contributed by atoms with Crippen molar-refractivity contribution in [3.8, 4) is 11.5 Å². The molecule has 1 heterocycles. The first kappa shape index (κ1) is 19.7. The molecule has 0 spiro atoms. The Kier molecular flexibility index (Phi) is 5.80. The van der Waals surface area contributed by atoms with Gasteiger partial charge in [-0.2, -0.15) is 4.42 Å². The summed E-state index contributed by atoms with van der Waals surface area (Å²) in [6, 6.07) is 6.18. The Labute approximate surface area is 153 Å². The molecule has 0 fully saturated rings. The largest absolute Gasteiger partial charge is 1.00 e. The number of hydrogen-bond donors (Lipinski definition) is 3. The minimum atomic E-state index is -1.27. The van der Waals surface area contributed by atoms with Gasteiger partial charge in [-0.25, -0.2) is 9.78 Å². The lowest BCUT2D eigenvalue weighted by Gasteiger charge is -2.10. The number of anilines is 1. The molecular formula is C15H14BrClN2O5. The summed E-state index contributed by atoms with van der Waals surface area (Å²) in [5.74, 6) is -2.38. The molecule has 0 saturated carbocycles. The van der Waals surface area contributed by atoms with Crippen molar-refractivity contribution in [3.05, 3.63) is 29.8 Å². The van der Waals surface area contributed by atoms with Crippen LogP contribution in [0.5, 0.6) is 11.5 Å². The van der Waals surface area contributed by atoms with Gasteiger partial charge in [-0.15, -0.1) is 12.4 Å². The Bertz CT molecular complexity index is 933. The van der Waals surface area contributed by atoms with Crippen molar-refractivity contribution < 1.29 is 41.5 Å². The molecule has 24 heavy (non-hydrogen) atoms. The predicted molar refractivity (Wildman–Crippen MR) is 87.8 cm³/mol. The smallest absolute Gasteiger partial charge is 0.425 e. The summed E-state index contributed by atoms with van der Waals surface area (Å²) in [5, 5.41) is 28.8. The molecule has 128 valence electrons. The molecule has 0 unspecified atom stereocenters. The number of rotatable bonds is 2. The van der Waals surface area contributed by atoms with Gasteiger partial charge < -0.3 is 37.2 Å². The van der Waals surface area contributed by atoms with Crippen LogP contribution < -0.4 is 21.9 Å². The lowest BCUT2D eigenvalue weighted by Crippen LogP contribution is -3.00. The van der Waals surface area contributed by atoms with E-state index >= 15 is 0 Å². The minimum absolute atomic E-state index is 0. The van der Waals surface area contributed by atoms with E-state index in [1.54, 1.807) is 12.1 Å². The van der Waals surface area contributed by atoms with Crippen LogP contribution in [0.1, 0.15) is 10.4 Å². The number of nitrogens with zero attached hydrogens (tertiary/aromatic N) is 2. The van der Waals surface area contributed by atoms with Gasteiger partial charge in [-0.3, -0.25) is 0 Å². The van der Waals surface area contributed by atoms with Crippen LogP contribution in [0.25, 0.3) is 22.2 Å². The summed E-state index contributed by atoms with van der Waals surface area (Å²) in [6.07, 6.45) is 0. The molecule has 0 radical (unpaired) electrons. The number of phenolic OH excluding ortho intramolecular Hbond substituents is 2. The number of carboxylic acid groups (broad SMARTS) is 1. The van der Waals surface area contributed by atoms with E-state index in [1.807, 2.05) is 25.1 Å². The van der Waals surface area contributed by atoms with E-state index in [1.165, 1.54) is 0 Å². The molecule has 1 aromatic heterocycles. The average molecular weight is 418 g/mol. The van der Waals surface area contributed by atoms with Gasteiger partial charge in [0.25, 0.3) is 5.75 Å². The number of aromatic hydroxyl groups is 2. The number of aromatic carboxylic acids is 1. The number of fused-ring (bicyclic) bond motifs is 2. The fraction of sp³-hybridized carbons (Fsp3) is 0.133. The van der Waals surface area contributed by atoms with Crippen LogP contribution in [0.15, 0.2) is 28.7 Å². The van der Waals surface area contributed by atoms with Gasteiger partial charge in [0.2, 0.25) is 0 Å². The maximum absolute atomic E-state index is 11.3. The molecule has 7 nitrogen and oxygen atoms in total. The van der Waals surface area contributed by atoms with Crippen LogP contribution in [0, 0.1) is 0 Å². The Hall–Kier alpha value is -2.32. The van der Waals surface area contributed by atoms with Crippen LogP contribution in [0.3, 0.4) is 0 Å². The molecule has 9 heteroatoms. The highest BCUT2D eigenvalue weighted by Crippen LogP contribution is 2.37. The van der Waals surface area contributed by atoms with E-state index in [9.17, 15) is 20.1 Å². The third-order valence-electron chi connectivity index (χ3n) is 3.34. The Morgan fingerprint density at radius 3 is 2.46 bits per heavy atom. The number of halogens is 2. The van der Waals surface area contributed by atoms with Gasteiger partial charge in [0, 0.05) is 25.8 Å². The number of benzene rings is 2. The quantitative estimate of drug-likeness (QED) is 0.303. The zero-order valence-corrected chi connectivity index (χ0v) is 15.1. The summed E-state index contributed by atoms with van der Waals surface area (Å²) >= 11 is 0. The Balaban J connectivity index is 0.00000144. The lowest BCUT2D eigenvalue weighted by atomic mass is 10.1. The molecule has 0 aliphatic carbocycles. The Morgan fingerprint density at radius 1 is 1.21 bits per heavy atom. The second-order valence-corrected chi connectivity index (χ2v) is 5.04. The SMILES string of the molecule is CN(C)c1ccc2nc3c(C(=O)O)cc(O)c(O)c3[o+]c2c1.Cl.[Br-]. The van der Waals surface area contributed by atoms with Crippen molar-refractivity contribution in [2.24, 2.45) is 0 Å². The van der Waals surface area contributed by atoms with E-state index in [0.29, 0.717) is 11.1 Å². The zero-order valence-electron chi connectivity index (χ0n) is 12.6. The monoisotopic (exact) mass is 416 g/mol. The van der Waals surface area contributed by atoms with E-state index in [4.69, 9.17) is 4.42 Å². The molecule has 0 atom stereocenters. The molecule has 0 aliphatic rings. The van der Waals surface area contributed by atoms with Gasteiger partial charge in [-0.1, -0.05) is 0 Å². The van der Waals surface area contributed by atoms with Gasteiger partial charge in [0.15, 0.2) is 16.8 Å². The first-order valence-corrected chi connectivity index (χ1v) is 6.41. The third kappa shape index (κ3) is 3.15. The first-order valence-electron chi connectivity index (χ1n) is 6.41. The highest BCUT2D eigenvalue weighted by atomic mass is 79.9. The number of hydrogen-bond acceptors (Lipinski definition) is 5. The molecule has 0 amide bonds. The highest BCUT2D eigenvalue weighted by Gasteiger charge is 2.27. The Morgan fingerprint density at radius 2 is 1.88 bits per heavy atom. The van der Waals surface area contributed by atoms with Gasteiger partial charge in [0.05, 0.1) is 11.6 Å². The standard InChI is InChI=1S/C15H12N2O5.BrH.ClH/c1-17(2)7-3-4-9-11(5-7)22-14-12(16-9)8(15(20)21)6-10(18)13(14)19;;/h3-6H,1-2H3,(H2-,16,18,19,20,21);2*1H. The third-order valence-corrected chi connectivity index (χ3v) is 3.34. The van der Waals surface area contributed by atoms with Gasteiger partial charge in [-0.05, 0) is 12.1 Å². The highest BCUT2D eigenvalue weighted by molar-refractivity contribution is 6.04. The van der Waals surface area contributed by atoms with E-state index in [2.05, 4.69) is 4.98 Å². The predicted octanol–water partition coefficient (Wildman–Crippen LogP) is -0.137. The molecule has 3 rings (SSSR count). The van der Waals surface area contributed by atoms with Crippen molar-refractivity contribution in [1.82, 2.24) is 4.98 Å². The number of carbonyl (C=O) groups is 1. The minimum Gasteiger partial charge on any atom is -1.00 e. The normalized spacial score (nSPS) is 10.1. The summed E-state index contributed by atoms with van der Waals surface area (Å²) < 4.78 is 5.58. The molecule has 3 aromatic rings. The summed E-state index contributed by atoms with van der Waals surface area (Å²) in [4.78, 5) is 17.4.